The van der Waals surface area contributed by atoms with Gasteiger partial charge in [-0.3, -0.25) is 4.79 Å². The SMILES string of the molecule is COc1ccc(F)cc1S(=O)(=O)N1CCCC(C(=O)Nc2ccccc2Oc2ccccc2)C1. The van der Waals surface area contributed by atoms with Crippen molar-refractivity contribution in [2.75, 3.05) is 25.5 Å². The van der Waals surface area contributed by atoms with Gasteiger partial charge in [0.15, 0.2) is 5.75 Å². The largest absolute Gasteiger partial charge is 0.495 e. The van der Waals surface area contributed by atoms with Crippen molar-refractivity contribution in [2.45, 2.75) is 17.7 Å². The van der Waals surface area contributed by atoms with Gasteiger partial charge in [-0.05, 0) is 55.3 Å². The molecule has 178 valence electrons. The van der Waals surface area contributed by atoms with Crippen LogP contribution in [0.2, 0.25) is 0 Å². The van der Waals surface area contributed by atoms with E-state index in [1.807, 2.05) is 30.3 Å². The lowest BCUT2D eigenvalue weighted by molar-refractivity contribution is -0.120. The fraction of sp³-hybridized carbons (Fsp3) is 0.240. The van der Waals surface area contributed by atoms with Crippen LogP contribution in [0.4, 0.5) is 10.1 Å². The van der Waals surface area contributed by atoms with Crippen molar-refractivity contribution in [2.24, 2.45) is 5.92 Å². The second-order valence-electron chi connectivity index (χ2n) is 7.90. The maximum Gasteiger partial charge on any atom is 0.246 e. The van der Waals surface area contributed by atoms with Gasteiger partial charge >= 0.3 is 0 Å². The van der Waals surface area contributed by atoms with Crippen LogP contribution in [0.15, 0.2) is 77.7 Å². The first kappa shape index (κ1) is 23.7. The highest BCUT2D eigenvalue weighted by molar-refractivity contribution is 7.89. The molecule has 9 heteroatoms. The van der Waals surface area contributed by atoms with Crippen molar-refractivity contribution in [3.05, 3.63) is 78.6 Å². The zero-order chi connectivity index (χ0) is 24.1. The summed E-state index contributed by atoms with van der Waals surface area (Å²) < 4.78 is 52.5. The van der Waals surface area contributed by atoms with Gasteiger partial charge in [-0.1, -0.05) is 30.3 Å². The van der Waals surface area contributed by atoms with E-state index < -0.39 is 21.8 Å². The fourth-order valence-corrected chi connectivity index (χ4v) is 5.57. The minimum atomic E-state index is -4.05. The number of methoxy groups -OCH3 is 1. The van der Waals surface area contributed by atoms with Crippen molar-refractivity contribution in [1.82, 2.24) is 4.31 Å². The number of piperidine rings is 1. The van der Waals surface area contributed by atoms with Crippen LogP contribution < -0.4 is 14.8 Å². The minimum Gasteiger partial charge on any atom is -0.495 e. The molecule has 1 atom stereocenters. The van der Waals surface area contributed by atoms with Crippen LogP contribution >= 0.6 is 0 Å². The Morgan fingerprint density at radius 3 is 2.53 bits per heavy atom. The molecule has 1 N–H and O–H groups in total. The molecule has 1 fully saturated rings. The van der Waals surface area contributed by atoms with E-state index in [1.165, 1.54) is 17.5 Å². The highest BCUT2D eigenvalue weighted by atomic mass is 32.2. The number of carbonyl (C=O) groups excluding carboxylic acids is 1. The van der Waals surface area contributed by atoms with E-state index in [4.69, 9.17) is 9.47 Å². The van der Waals surface area contributed by atoms with Gasteiger partial charge in [-0.25, -0.2) is 12.8 Å². The summed E-state index contributed by atoms with van der Waals surface area (Å²) in [4.78, 5) is 12.8. The normalized spacial score (nSPS) is 16.6. The molecule has 1 aliphatic rings. The van der Waals surface area contributed by atoms with Gasteiger partial charge in [0.05, 0.1) is 18.7 Å². The van der Waals surface area contributed by atoms with E-state index in [2.05, 4.69) is 5.32 Å². The maximum absolute atomic E-state index is 13.8. The molecule has 3 aromatic rings. The summed E-state index contributed by atoms with van der Waals surface area (Å²) in [6.45, 7) is 0.217. The Balaban J connectivity index is 1.50. The van der Waals surface area contributed by atoms with Crippen molar-refractivity contribution >= 4 is 21.6 Å². The molecule has 7 nitrogen and oxygen atoms in total. The standard InChI is InChI=1S/C25H25FN2O5S/c1-32-23-14-13-19(26)16-24(23)34(30,31)28-15-7-8-18(17-28)25(29)27-21-11-5-6-12-22(21)33-20-9-3-2-4-10-20/h2-6,9-14,16,18H,7-8,15,17H2,1H3,(H,27,29). The second-order valence-corrected chi connectivity index (χ2v) is 9.80. The second kappa shape index (κ2) is 10.2. The minimum absolute atomic E-state index is 0.0183. The predicted octanol–water partition coefficient (Wildman–Crippen LogP) is 4.67. The van der Waals surface area contributed by atoms with E-state index in [9.17, 15) is 17.6 Å². The van der Waals surface area contributed by atoms with Gasteiger partial charge in [0.25, 0.3) is 0 Å². The van der Waals surface area contributed by atoms with Crippen molar-refractivity contribution in [3.63, 3.8) is 0 Å². The number of nitrogens with one attached hydrogen (secondary N) is 1. The molecule has 1 saturated heterocycles. The molecule has 0 saturated carbocycles. The van der Waals surface area contributed by atoms with E-state index in [0.29, 0.717) is 30.0 Å². The Labute approximate surface area is 198 Å². The molecule has 0 spiro atoms. The maximum atomic E-state index is 13.8. The number of para-hydroxylation sites is 3. The van der Waals surface area contributed by atoms with Crippen molar-refractivity contribution in [1.29, 1.82) is 0 Å². The van der Waals surface area contributed by atoms with Crippen LogP contribution in [0.3, 0.4) is 0 Å². The van der Waals surface area contributed by atoms with E-state index >= 15 is 0 Å². The Morgan fingerprint density at radius 2 is 1.76 bits per heavy atom. The van der Waals surface area contributed by atoms with Gasteiger partial charge in [0.2, 0.25) is 15.9 Å². The van der Waals surface area contributed by atoms with Gasteiger partial charge in [-0.2, -0.15) is 4.31 Å². The summed E-state index contributed by atoms with van der Waals surface area (Å²) in [7, 11) is -2.72. The van der Waals surface area contributed by atoms with Crippen LogP contribution in [-0.4, -0.2) is 38.8 Å². The number of nitrogens with zero attached hydrogens (tertiary/aromatic N) is 1. The lowest BCUT2D eigenvalue weighted by Gasteiger charge is -2.31. The quantitative estimate of drug-likeness (QED) is 0.527. The number of amides is 1. The lowest BCUT2D eigenvalue weighted by Crippen LogP contribution is -2.43. The monoisotopic (exact) mass is 484 g/mol. The number of rotatable bonds is 7. The molecule has 0 aliphatic carbocycles. The third kappa shape index (κ3) is 5.21. The number of benzene rings is 3. The molecule has 0 bridgehead atoms. The summed E-state index contributed by atoms with van der Waals surface area (Å²) >= 11 is 0. The van der Waals surface area contributed by atoms with Crippen LogP contribution in [0.1, 0.15) is 12.8 Å². The summed E-state index contributed by atoms with van der Waals surface area (Å²) in [5.41, 5.74) is 0.489. The van der Waals surface area contributed by atoms with Crippen LogP contribution in [-0.2, 0) is 14.8 Å². The highest BCUT2D eigenvalue weighted by Crippen LogP contribution is 2.32. The lowest BCUT2D eigenvalue weighted by atomic mass is 9.98. The number of carbonyl (C=O) groups is 1. The number of ether oxygens (including phenoxy) is 2. The highest BCUT2D eigenvalue weighted by Gasteiger charge is 2.35. The van der Waals surface area contributed by atoms with Crippen LogP contribution in [0, 0.1) is 11.7 Å². The topological polar surface area (TPSA) is 84.9 Å². The zero-order valence-corrected chi connectivity index (χ0v) is 19.4. The molecule has 1 unspecified atom stereocenters. The number of sulfonamides is 1. The zero-order valence-electron chi connectivity index (χ0n) is 18.6. The smallest absolute Gasteiger partial charge is 0.246 e. The first-order chi connectivity index (χ1) is 16.4. The molecule has 0 radical (unpaired) electrons. The Kier molecular flexibility index (Phi) is 7.14. The molecule has 34 heavy (non-hydrogen) atoms. The fourth-order valence-electron chi connectivity index (χ4n) is 3.88. The Bertz CT molecular complexity index is 1270. The molecule has 3 aromatic carbocycles. The summed E-state index contributed by atoms with van der Waals surface area (Å²) in [6, 6.07) is 19.6. The van der Waals surface area contributed by atoms with E-state index in [-0.39, 0.29) is 29.6 Å². The summed E-state index contributed by atoms with van der Waals surface area (Å²) in [5, 5.41) is 2.87. The Morgan fingerprint density at radius 1 is 1.03 bits per heavy atom. The number of halogens is 1. The van der Waals surface area contributed by atoms with E-state index in [1.54, 1.807) is 24.3 Å². The molecule has 1 amide bonds. The molecule has 4 rings (SSSR count). The van der Waals surface area contributed by atoms with Gasteiger partial charge in [0.1, 0.15) is 22.2 Å². The average molecular weight is 485 g/mol. The molecular formula is C25H25FN2O5S. The first-order valence-corrected chi connectivity index (χ1v) is 12.3. The van der Waals surface area contributed by atoms with Crippen LogP contribution in [0.5, 0.6) is 17.2 Å². The number of hydrogen-bond acceptors (Lipinski definition) is 5. The number of hydrogen-bond donors (Lipinski definition) is 1. The average Bonchev–Trinajstić information content (AvgIpc) is 2.86. The van der Waals surface area contributed by atoms with E-state index in [0.717, 1.165) is 12.1 Å². The van der Waals surface area contributed by atoms with Gasteiger partial charge < -0.3 is 14.8 Å². The predicted molar refractivity (Wildman–Crippen MR) is 126 cm³/mol. The molecule has 1 aliphatic heterocycles. The summed E-state index contributed by atoms with van der Waals surface area (Å²) in [5.74, 6) is -0.404. The molecular weight excluding hydrogens is 459 g/mol. The van der Waals surface area contributed by atoms with Gasteiger partial charge in [-0.15, -0.1) is 0 Å². The third-order valence-electron chi connectivity index (χ3n) is 5.61. The van der Waals surface area contributed by atoms with Crippen molar-refractivity contribution < 1.29 is 27.1 Å². The van der Waals surface area contributed by atoms with Crippen LogP contribution in [0.25, 0.3) is 0 Å². The first-order valence-electron chi connectivity index (χ1n) is 10.8. The summed E-state index contributed by atoms with van der Waals surface area (Å²) in [6.07, 6.45) is 1.02. The molecule has 0 aromatic heterocycles. The third-order valence-corrected chi connectivity index (χ3v) is 7.50. The van der Waals surface area contributed by atoms with Gasteiger partial charge in [0, 0.05) is 13.1 Å². The van der Waals surface area contributed by atoms with Crippen molar-refractivity contribution in [3.8, 4) is 17.2 Å². The number of anilines is 1. The Hall–Kier alpha value is -3.43. The molecule has 1 heterocycles.